The zero-order chi connectivity index (χ0) is 25.6. The fourth-order valence-corrected chi connectivity index (χ4v) is 7.00. The van der Waals surface area contributed by atoms with E-state index in [0.717, 1.165) is 41.0 Å². The lowest BCUT2D eigenvalue weighted by Crippen LogP contribution is -2.51. The van der Waals surface area contributed by atoms with Gasteiger partial charge in [-0.3, -0.25) is 9.59 Å². The molecule has 2 aromatic heterocycles. The third-order valence-corrected chi connectivity index (χ3v) is 9.75. The lowest BCUT2D eigenvalue weighted by Gasteiger charge is -2.20. The summed E-state index contributed by atoms with van der Waals surface area (Å²) >= 11 is 7.41. The van der Waals surface area contributed by atoms with E-state index >= 15 is 0 Å². The predicted octanol–water partition coefficient (Wildman–Crippen LogP) is 1.83. The van der Waals surface area contributed by atoms with Crippen molar-refractivity contribution >= 4 is 55.7 Å². The summed E-state index contributed by atoms with van der Waals surface area (Å²) in [4.78, 5) is 37.0. The minimum atomic E-state index is -3.51. The highest BCUT2D eigenvalue weighted by Gasteiger charge is 2.40. The van der Waals surface area contributed by atoms with E-state index in [1.807, 2.05) is 7.05 Å². The number of likely N-dealkylation sites (N-methyl/N-ethyl adjacent to an activating group) is 1. The molecule has 1 saturated heterocycles. The summed E-state index contributed by atoms with van der Waals surface area (Å²) in [6.45, 7) is 3.35. The third kappa shape index (κ3) is 5.00. The number of hydrogen-bond acceptors (Lipinski definition) is 7. The van der Waals surface area contributed by atoms with Gasteiger partial charge in [-0.15, -0.1) is 11.3 Å². The fraction of sp³-hybridized carbons (Fsp3) is 0.435. The predicted molar refractivity (Wildman–Crippen MR) is 139 cm³/mol. The average molecular weight is 551 g/mol. The van der Waals surface area contributed by atoms with Gasteiger partial charge in [0.05, 0.1) is 23.5 Å². The zero-order valence-corrected chi connectivity index (χ0v) is 22.3. The molecule has 192 valence electrons. The average Bonchev–Trinajstić information content (AvgIpc) is 3.55. The molecule has 2 aliphatic heterocycles. The number of nitrogens with zero attached hydrogens (tertiary/aromatic N) is 3. The van der Waals surface area contributed by atoms with Gasteiger partial charge in [-0.1, -0.05) is 11.6 Å². The summed E-state index contributed by atoms with van der Waals surface area (Å²) in [6, 6.07) is 5.74. The molecule has 1 aromatic carbocycles. The Balaban J connectivity index is 1.35. The lowest BCUT2D eigenvalue weighted by molar-refractivity contribution is 0.0894. The van der Waals surface area contributed by atoms with E-state index in [0.29, 0.717) is 15.7 Å². The summed E-state index contributed by atoms with van der Waals surface area (Å²) in [7, 11) is -1.48. The second-order valence-electron chi connectivity index (χ2n) is 9.17. The fourth-order valence-electron chi connectivity index (χ4n) is 4.59. The maximum absolute atomic E-state index is 13.1. The largest absolute Gasteiger partial charge is 0.351 e. The number of carbonyl (C=O) groups excluding carboxylic acids is 2. The molecule has 3 N–H and O–H groups in total. The van der Waals surface area contributed by atoms with Crippen molar-refractivity contribution in [2.45, 2.75) is 32.0 Å². The lowest BCUT2D eigenvalue weighted by atomic mass is 10.1. The van der Waals surface area contributed by atoms with Crippen LogP contribution in [-0.2, 0) is 23.0 Å². The summed E-state index contributed by atoms with van der Waals surface area (Å²) < 4.78 is 26.5. The van der Waals surface area contributed by atoms with E-state index in [2.05, 4.69) is 25.5 Å². The number of rotatable bonds is 6. The molecule has 2 atom stereocenters. The highest BCUT2D eigenvalue weighted by Crippen LogP contribution is 2.25. The van der Waals surface area contributed by atoms with Crippen LogP contribution in [0.15, 0.2) is 24.3 Å². The molecule has 36 heavy (non-hydrogen) atoms. The molecule has 0 saturated carbocycles. The van der Waals surface area contributed by atoms with Crippen LogP contribution in [0.2, 0.25) is 5.02 Å². The molecule has 3 aromatic rings. The van der Waals surface area contributed by atoms with E-state index in [4.69, 9.17) is 11.6 Å². The Kier molecular flexibility index (Phi) is 6.81. The molecule has 0 radical (unpaired) electrons. The Morgan fingerprint density at radius 2 is 1.92 bits per heavy atom. The van der Waals surface area contributed by atoms with Gasteiger partial charge in [0.1, 0.15) is 5.69 Å². The molecule has 2 amide bonds. The van der Waals surface area contributed by atoms with Crippen LogP contribution >= 0.6 is 22.9 Å². The molecular weight excluding hydrogens is 524 g/mol. The highest BCUT2D eigenvalue weighted by atomic mass is 35.5. The Hall–Kier alpha value is -2.51. The number of benzene rings is 1. The van der Waals surface area contributed by atoms with Crippen LogP contribution in [0.25, 0.3) is 10.9 Å². The number of fused-ring (bicyclic) bond motifs is 2. The highest BCUT2D eigenvalue weighted by molar-refractivity contribution is 7.89. The topological polar surface area (TPSA) is 128 Å². The van der Waals surface area contributed by atoms with Crippen molar-refractivity contribution in [3.05, 3.63) is 50.6 Å². The first-order chi connectivity index (χ1) is 17.1. The summed E-state index contributed by atoms with van der Waals surface area (Å²) in [5, 5.41) is 7.54. The first-order valence-corrected chi connectivity index (χ1v) is 14.5. The normalized spacial score (nSPS) is 21.0. The van der Waals surface area contributed by atoms with Gasteiger partial charge in [0.25, 0.3) is 11.8 Å². The van der Waals surface area contributed by atoms with Gasteiger partial charge in [-0.2, -0.15) is 4.31 Å². The molecule has 13 heteroatoms. The number of sulfonamides is 1. The quantitative estimate of drug-likeness (QED) is 0.430. The van der Waals surface area contributed by atoms with Gasteiger partial charge in [-0.25, -0.2) is 13.4 Å². The Morgan fingerprint density at radius 1 is 1.19 bits per heavy atom. The maximum atomic E-state index is 13.1. The maximum Gasteiger partial charge on any atom is 0.280 e. The van der Waals surface area contributed by atoms with Gasteiger partial charge < -0.3 is 20.5 Å². The van der Waals surface area contributed by atoms with Crippen LogP contribution in [0.1, 0.15) is 37.8 Å². The molecular formula is C23H27ClN6O4S2. The first kappa shape index (κ1) is 25.2. The van der Waals surface area contributed by atoms with Crippen molar-refractivity contribution in [1.29, 1.82) is 0 Å². The van der Waals surface area contributed by atoms with E-state index in [1.165, 1.54) is 15.6 Å². The third-order valence-electron chi connectivity index (χ3n) is 6.62. The van der Waals surface area contributed by atoms with Crippen LogP contribution < -0.4 is 10.6 Å². The molecule has 10 nitrogen and oxygen atoms in total. The SMILES string of the molecule is CCS(=O)(=O)N1C[C@@H](NC(=O)c2cc3cc(Cl)ccc3[nH]2)[C@H](NC(=O)c2nc3c(s2)CN(C)CC3)C1. The second-order valence-corrected chi connectivity index (χ2v) is 12.9. The van der Waals surface area contributed by atoms with Crippen molar-refractivity contribution in [1.82, 2.24) is 29.8 Å². The molecule has 4 heterocycles. The number of H-pyrrole nitrogens is 1. The summed E-state index contributed by atoms with van der Waals surface area (Å²) in [6.07, 6.45) is 0.788. The molecule has 5 rings (SSSR count). The van der Waals surface area contributed by atoms with E-state index in [1.54, 1.807) is 31.2 Å². The van der Waals surface area contributed by atoms with Gasteiger partial charge >= 0.3 is 0 Å². The van der Waals surface area contributed by atoms with Crippen LogP contribution in [-0.4, -0.2) is 83.9 Å². The first-order valence-electron chi connectivity index (χ1n) is 11.7. The minimum absolute atomic E-state index is 0.0656. The van der Waals surface area contributed by atoms with Crippen molar-refractivity contribution in [3.8, 4) is 0 Å². The van der Waals surface area contributed by atoms with Gasteiger partial charge in [0.15, 0.2) is 5.01 Å². The minimum Gasteiger partial charge on any atom is -0.351 e. The van der Waals surface area contributed by atoms with Crippen molar-refractivity contribution in [2.75, 3.05) is 32.4 Å². The summed E-state index contributed by atoms with van der Waals surface area (Å²) in [5.74, 6) is -0.823. The number of thiazole rings is 1. The Morgan fingerprint density at radius 3 is 2.64 bits per heavy atom. The number of amides is 2. The van der Waals surface area contributed by atoms with Crippen LogP contribution in [0, 0.1) is 0 Å². The summed E-state index contributed by atoms with van der Waals surface area (Å²) in [5.41, 5.74) is 2.02. The van der Waals surface area contributed by atoms with Gasteiger partial charge in [0, 0.05) is 53.4 Å². The van der Waals surface area contributed by atoms with E-state index in [-0.39, 0.29) is 24.7 Å². The van der Waals surface area contributed by atoms with Crippen LogP contribution in [0.3, 0.4) is 0 Å². The van der Waals surface area contributed by atoms with Crippen LogP contribution in [0.5, 0.6) is 0 Å². The van der Waals surface area contributed by atoms with Crippen LogP contribution in [0.4, 0.5) is 0 Å². The van der Waals surface area contributed by atoms with Gasteiger partial charge in [-0.05, 0) is 38.2 Å². The zero-order valence-electron chi connectivity index (χ0n) is 19.9. The smallest absolute Gasteiger partial charge is 0.280 e. The number of aromatic nitrogens is 2. The molecule has 0 aliphatic carbocycles. The van der Waals surface area contributed by atoms with E-state index < -0.39 is 28.0 Å². The number of hydrogen-bond donors (Lipinski definition) is 3. The molecule has 1 fully saturated rings. The number of carbonyl (C=O) groups is 2. The second kappa shape index (κ2) is 9.75. The Labute approximate surface area is 218 Å². The standard InChI is InChI=1S/C23H27ClN6O4S2/c1-3-36(33,34)30-10-18(26-21(31)17-9-13-8-14(24)4-5-15(13)25-17)19(11-30)27-22(32)23-28-16-6-7-29(2)12-20(16)35-23/h4-5,8-9,18-19,25H,3,6-7,10-12H2,1-2H3,(H,26,31)(H,27,32)/t18-,19-/m1/s1. The van der Waals surface area contributed by atoms with E-state index in [9.17, 15) is 18.0 Å². The molecule has 0 spiro atoms. The van der Waals surface area contributed by atoms with Crippen molar-refractivity contribution < 1.29 is 18.0 Å². The van der Waals surface area contributed by atoms with Crippen molar-refractivity contribution in [2.24, 2.45) is 0 Å². The molecule has 2 aliphatic rings. The number of nitrogens with one attached hydrogen (secondary N) is 3. The molecule has 0 unspecified atom stereocenters. The Bertz CT molecular complexity index is 1440. The van der Waals surface area contributed by atoms with Gasteiger partial charge in [0.2, 0.25) is 10.0 Å². The number of aromatic amines is 1. The number of halogens is 1. The van der Waals surface area contributed by atoms with Crippen molar-refractivity contribution in [3.63, 3.8) is 0 Å². The molecule has 0 bridgehead atoms. The monoisotopic (exact) mass is 550 g/mol.